The van der Waals surface area contributed by atoms with Crippen LogP contribution in [0.15, 0.2) is 53.7 Å². The van der Waals surface area contributed by atoms with Gasteiger partial charge in [0, 0.05) is 19.3 Å². The van der Waals surface area contributed by atoms with Crippen LogP contribution >= 0.6 is 11.6 Å². The maximum absolute atomic E-state index is 14.3. The normalized spacial score (nSPS) is 16.9. The Labute approximate surface area is 285 Å². The van der Waals surface area contributed by atoms with Gasteiger partial charge in [-0.25, -0.2) is 9.97 Å². The van der Waals surface area contributed by atoms with E-state index < -0.39 is 47.4 Å². The Bertz CT molecular complexity index is 2230. The summed E-state index contributed by atoms with van der Waals surface area (Å²) in [5.41, 5.74) is -1.63. The number of pyridine rings is 1. The topological polar surface area (TPSA) is 170 Å². The van der Waals surface area contributed by atoms with Crippen LogP contribution in [-0.4, -0.2) is 69.0 Å². The molecule has 0 bridgehead atoms. The summed E-state index contributed by atoms with van der Waals surface area (Å²) in [4.78, 5) is 59.3. The Hall–Kier alpha value is -5.42. The Morgan fingerprint density at radius 3 is 2.58 bits per heavy atom. The number of likely N-dealkylation sites (tertiary alicyclic amines) is 1. The molecule has 2 aliphatic heterocycles. The van der Waals surface area contributed by atoms with Crippen molar-refractivity contribution in [2.45, 2.75) is 51.1 Å². The van der Waals surface area contributed by atoms with Crippen molar-refractivity contribution in [3.63, 3.8) is 0 Å². The van der Waals surface area contributed by atoms with Gasteiger partial charge in [0.1, 0.15) is 24.2 Å². The molecular formula is C32H27ClF3N9O5. The molecule has 0 aliphatic carbocycles. The molecule has 1 fully saturated rings. The van der Waals surface area contributed by atoms with E-state index >= 15 is 0 Å². The summed E-state index contributed by atoms with van der Waals surface area (Å²) < 4.78 is 48.7. The average molecular weight is 710 g/mol. The lowest BCUT2D eigenvalue weighted by Crippen LogP contribution is -2.47. The molecule has 1 aromatic carbocycles. The minimum Gasteiger partial charge on any atom is -0.504 e. The number of halogens is 4. The molecule has 0 saturated carbocycles. The van der Waals surface area contributed by atoms with E-state index in [4.69, 9.17) is 16.3 Å². The number of aryl methyl sites for hydroxylation is 1. The fourth-order valence-corrected chi connectivity index (χ4v) is 6.70. The Morgan fingerprint density at radius 2 is 1.90 bits per heavy atom. The zero-order valence-corrected chi connectivity index (χ0v) is 27.2. The van der Waals surface area contributed by atoms with Crippen LogP contribution in [-0.2, 0) is 27.9 Å². The number of aromatic hydroxyl groups is 1. The smallest absolute Gasteiger partial charge is 0.416 e. The number of piperidine rings is 1. The number of benzene rings is 1. The van der Waals surface area contributed by atoms with Crippen molar-refractivity contribution >= 4 is 34.9 Å². The van der Waals surface area contributed by atoms with Gasteiger partial charge in [0.2, 0.25) is 17.5 Å². The minimum atomic E-state index is -4.63. The van der Waals surface area contributed by atoms with Crippen molar-refractivity contribution in [1.82, 2.24) is 39.0 Å². The van der Waals surface area contributed by atoms with E-state index in [1.165, 1.54) is 22.0 Å². The largest absolute Gasteiger partial charge is 0.504 e. The third kappa shape index (κ3) is 5.61. The van der Waals surface area contributed by atoms with E-state index in [0.717, 1.165) is 16.6 Å². The number of carbonyl (C=O) groups is 2. The SMILES string of the molecule is Cc1ncnc(C(=O)N2CCC3(CC2)O[C@H](C)c2c3c(=O)n3nc(-c4ccccn4)nc3n2CC(=O)Nc2ccc(C(F)(F)F)cc2Cl)c1O. The number of hydrogen-bond acceptors (Lipinski definition) is 10. The van der Waals surface area contributed by atoms with Gasteiger partial charge in [-0.2, -0.15) is 22.7 Å². The van der Waals surface area contributed by atoms with E-state index in [9.17, 15) is 32.7 Å². The molecule has 0 radical (unpaired) electrons. The van der Waals surface area contributed by atoms with Crippen molar-refractivity contribution in [3.05, 3.63) is 92.5 Å². The van der Waals surface area contributed by atoms with Gasteiger partial charge in [-0.3, -0.25) is 19.4 Å². The molecule has 18 heteroatoms. The number of fused-ring (bicyclic) bond motifs is 3. The van der Waals surface area contributed by atoms with Gasteiger partial charge in [-0.1, -0.05) is 17.7 Å². The van der Waals surface area contributed by atoms with Crippen LogP contribution in [0.25, 0.3) is 17.3 Å². The minimum absolute atomic E-state index is 0.0118. The highest BCUT2D eigenvalue weighted by Gasteiger charge is 2.50. The summed E-state index contributed by atoms with van der Waals surface area (Å²) in [7, 11) is 0. The standard InChI is InChI=1S/C32H27ClF3N9O5/c1-16-26(47)24(39-15-38-16)29(49)43-11-8-31(9-12-43)23-25(17(2)50-31)44(14-22(46)40-20-7-6-18(13-19(20)33)32(34,35)36)30-41-27(42-45(30)28(23)48)21-5-3-4-10-37-21/h3-7,10,13,15,17,47H,8-9,11-12,14H2,1-2H3,(H,40,46)/t17-/m1/s1. The summed E-state index contributed by atoms with van der Waals surface area (Å²) in [6, 6.07) is 7.67. The maximum Gasteiger partial charge on any atom is 0.416 e. The summed E-state index contributed by atoms with van der Waals surface area (Å²) in [6.45, 7) is 3.13. The number of nitrogens with one attached hydrogen (secondary N) is 1. The lowest BCUT2D eigenvalue weighted by Gasteiger charge is -2.39. The van der Waals surface area contributed by atoms with Gasteiger partial charge >= 0.3 is 6.18 Å². The number of amides is 2. The van der Waals surface area contributed by atoms with Crippen LogP contribution in [0, 0.1) is 6.92 Å². The highest BCUT2D eigenvalue weighted by Crippen LogP contribution is 2.48. The molecule has 2 N–H and O–H groups in total. The first-order valence-corrected chi connectivity index (χ1v) is 15.7. The molecule has 4 aromatic heterocycles. The van der Waals surface area contributed by atoms with Crippen LogP contribution in [0.2, 0.25) is 5.02 Å². The molecule has 5 aromatic rings. The second-order valence-electron chi connectivity index (χ2n) is 12.0. The highest BCUT2D eigenvalue weighted by molar-refractivity contribution is 6.33. The number of carbonyl (C=O) groups excluding carboxylic acids is 2. The number of anilines is 1. The van der Waals surface area contributed by atoms with E-state index in [1.54, 1.807) is 32.0 Å². The van der Waals surface area contributed by atoms with Crippen molar-refractivity contribution in [2.75, 3.05) is 18.4 Å². The molecule has 1 saturated heterocycles. The first-order chi connectivity index (χ1) is 23.8. The molecule has 258 valence electrons. The zero-order chi connectivity index (χ0) is 35.5. The molecule has 6 heterocycles. The molecule has 7 rings (SSSR count). The molecule has 14 nitrogen and oxygen atoms in total. The monoisotopic (exact) mass is 709 g/mol. The van der Waals surface area contributed by atoms with Crippen LogP contribution < -0.4 is 10.9 Å². The third-order valence-electron chi connectivity index (χ3n) is 8.86. The third-order valence-corrected chi connectivity index (χ3v) is 9.17. The average Bonchev–Trinajstić information content (AvgIpc) is 3.65. The highest BCUT2D eigenvalue weighted by atomic mass is 35.5. The first kappa shape index (κ1) is 33.1. The Morgan fingerprint density at radius 1 is 1.14 bits per heavy atom. The van der Waals surface area contributed by atoms with Crippen molar-refractivity contribution in [2.24, 2.45) is 0 Å². The lowest BCUT2D eigenvalue weighted by molar-refractivity contribution is -0.137. The van der Waals surface area contributed by atoms with Crippen LogP contribution in [0.5, 0.6) is 5.75 Å². The number of aromatic nitrogens is 7. The number of alkyl halides is 3. The number of rotatable bonds is 5. The number of hydrogen-bond donors (Lipinski definition) is 2. The summed E-state index contributed by atoms with van der Waals surface area (Å²) >= 11 is 6.11. The van der Waals surface area contributed by atoms with Crippen LogP contribution in [0.4, 0.5) is 18.9 Å². The van der Waals surface area contributed by atoms with Crippen molar-refractivity contribution < 1.29 is 32.6 Å². The van der Waals surface area contributed by atoms with E-state index in [-0.39, 0.29) is 70.9 Å². The summed E-state index contributed by atoms with van der Waals surface area (Å²) in [5.74, 6) is -1.36. The number of nitrogens with zero attached hydrogens (tertiary/aromatic N) is 8. The van der Waals surface area contributed by atoms with Gasteiger partial charge in [0.25, 0.3) is 11.5 Å². The van der Waals surface area contributed by atoms with Crippen LogP contribution in [0.3, 0.4) is 0 Å². The van der Waals surface area contributed by atoms with Crippen molar-refractivity contribution in [1.29, 1.82) is 0 Å². The molecule has 50 heavy (non-hydrogen) atoms. The van der Waals surface area contributed by atoms with E-state index in [0.29, 0.717) is 17.5 Å². The van der Waals surface area contributed by atoms with Crippen LogP contribution in [0.1, 0.15) is 58.9 Å². The van der Waals surface area contributed by atoms with Crippen molar-refractivity contribution in [3.8, 4) is 17.3 Å². The molecule has 2 aliphatic rings. The Kier molecular flexibility index (Phi) is 8.05. The summed E-state index contributed by atoms with van der Waals surface area (Å²) in [5, 5.41) is 17.1. The fraction of sp³-hybridized carbons (Fsp3) is 0.312. The second-order valence-corrected chi connectivity index (χ2v) is 12.4. The lowest BCUT2D eigenvalue weighted by atomic mass is 9.85. The maximum atomic E-state index is 14.3. The number of ether oxygens (including phenoxy) is 1. The summed E-state index contributed by atoms with van der Waals surface area (Å²) in [6.07, 6.45) is -2.24. The van der Waals surface area contributed by atoms with Gasteiger partial charge in [-0.05, 0) is 57.0 Å². The molecule has 1 spiro atoms. The van der Waals surface area contributed by atoms with E-state index in [1.807, 2.05) is 0 Å². The molecular weight excluding hydrogens is 683 g/mol. The second kappa shape index (κ2) is 12.2. The molecule has 0 unspecified atom stereocenters. The van der Waals surface area contributed by atoms with Gasteiger partial charge < -0.3 is 24.6 Å². The predicted molar refractivity (Wildman–Crippen MR) is 170 cm³/mol. The Balaban J connectivity index is 1.27. The fourth-order valence-electron chi connectivity index (χ4n) is 6.47. The quantitative estimate of drug-likeness (QED) is 0.268. The van der Waals surface area contributed by atoms with Gasteiger partial charge in [0.15, 0.2) is 11.4 Å². The van der Waals surface area contributed by atoms with Gasteiger partial charge in [0.05, 0.1) is 39.3 Å². The first-order valence-electron chi connectivity index (χ1n) is 15.4. The van der Waals surface area contributed by atoms with E-state index in [2.05, 4.69) is 30.4 Å². The predicted octanol–water partition coefficient (Wildman–Crippen LogP) is 4.29. The van der Waals surface area contributed by atoms with Gasteiger partial charge in [-0.15, -0.1) is 5.10 Å². The zero-order valence-electron chi connectivity index (χ0n) is 26.4. The molecule has 1 atom stereocenters. The molecule has 2 amide bonds.